The zero-order chi connectivity index (χ0) is 19.2. The van der Waals surface area contributed by atoms with Gasteiger partial charge in [-0.3, -0.25) is 30.6 Å². The molecule has 10 heteroatoms. The van der Waals surface area contributed by atoms with Crippen LogP contribution in [0.1, 0.15) is 16.8 Å². The average molecular weight is 402 g/mol. The Balaban J connectivity index is 1.42. The van der Waals surface area contributed by atoms with Crippen molar-refractivity contribution in [2.45, 2.75) is 10.8 Å². The minimum Gasteiger partial charge on any atom is -0.273 e. The first-order valence-corrected chi connectivity index (χ1v) is 9.65. The number of thioether (sulfide) groups is 1. The molecule has 3 rings (SSSR count). The van der Waals surface area contributed by atoms with Crippen molar-refractivity contribution in [3.63, 3.8) is 0 Å². The molecular weight excluding hydrogens is 388 g/mol. The summed E-state index contributed by atoms with van der Waals surface area (Å²) in [6.45, 7) is 0. The molecule has 1 aromatic heterocycles. The maximum absolute atomic E-state index is 11.9. The molecule has 0 unspecified atom stereocenters. The van der Waals surface area contributed by atoms with E-state index >= 15 is 0 Å². The fourth-order valence-electron chi connectivity index (χ4n) is 2.14. The van der Waals surface area contributed by atoms with Gasteiger partial charge in [-0.15, -0.1) is 11.3 Å². The fraction of sp³-hybridized carbons (Fsp3) is 0.118. The number of benzene rings is 2. The van der Waals surface area contributed by atoms with Crippen LogP contribution in [0.4, 0.5) is 5.69 Å². The molecule has 0 aliphatic carbocycles. The van der Waals surface area contributed by atoms with Gasteiger partial charge >= 0.3 is 0 Å². The fourth-order valence-corrected chi connectivity index (χ4v) is 4.22. The highest BCUT2D eigenvalue weighted by atomic mass is 32.2. The number of non-ortho nitro benzene ring substituents is 1. The van der Waals surface area contributed by atoms with Gasteiger partial charge < -0.3 is 0 Å². The predicted octanol–water partition coefficient (Wildman–Crippen LogP) is 3.15. The number of carbonyl (C=O) groups excluding carboxylic acids is 2. The highest BCUT2D eigenvalue weighted by Gasteiger charge is 2.11. The van der Waals surface area contributed by atoms with Crippen LogP contribution in [0.15, 0.2) is 52.9 Å². The second-order valence-corrected chi connectivity index (χ2v) is 7.72. The van der Waals surface area contributed by atoms with Crippen molar-refractivity contribution in [2.75, 3.05) is 5.75 Å². The van der Waals surface area contributed by atoms with Crippen molar-refractivity contribution in [3.8, 4) is 0 Å². The summed E-state index contributed by atoms with van der Waals surface area (Å²) < 4.78 is 1.98. The Kier molecular flexibility index (Phi) is 5.99. The SMILES string of the molecule is O=C(CCSc1nc2ccccc2s1)NNC(=O)c1ccc([N+](=O)[O-])cc1. The first-order valence-electron chi connectivity index (χ1n) is 7.85. The van der Waals surface area contributed by atoms with Gasteiger partial charge in [0.25, 0.3) is 11.6 Å². The summed E-state index contributed by atoms with van der Waals surface area (Å²) in [5, 5.41) is 10.6. The Bertz CT molecular complexity index is 955. The lowest BCUT2D eigenvalue weighted by molar-refractivity contribution is -0.384. The van der Waals surface area contributed by atoms with Crippen molar-refractivity contribution in [3.05, 3.63) is 64.2 Å². The van der Waals surface area contributed by atoms with E-state index < -0.39 is 10.8 Å². The zero-order valence-electron chi connectivity index (χ0n) is 13.9. The van der Waals surface area contributed by atoms with Crippen LogP contribution >= 0.6 is 23.1 Å². The van der Waals surface area contributed by atoms with Crippen molar-refractivity contribution in [1.82, 2.24) is 15.8 Å². The molecule has 2 amide bonds. The summed E-state index contributed by atoms with van der Waals surface area (Å²) in [4.78, 5) is 38.3. The number of nitro benzene ring substituents is 1. The minimum atomic E-state index is -0.549. The number of aromatic nitrogens is 1. The second-order valence-electron chi connectivity index (χ2n) is 5.35. The highest BCUT2D eigenvalue weighted by molar-refractivity contribution is 8.01. The molecule has 2 aromatic carbocycles. The number of para-hydroxylation sites is 1. The van der Waals surface area contributed by atoms with Gasteiger partial charge in [-0.2, -0.15) is 0 Å². The molecule has 0 atom stereocenters. The lowest BCUT2D eigenvalue weighted by Crippen LogP contribution is -2.41. The Morgan fingerprint density at radius 3 is 2.56 bits per heavy atom. The standard InChI is InChI=1S/C17H14N4O4S2/c22-15(9-10-26-17-18-13-3-1-2-4-14(13)27-17)19-20-16(23)11-5-7-12(8-6-11)21(24)25/h1-8H,9-10H2,(H,19,22)(H,20,23). The smallest absolute Gasteiger partial charge is 0.269 e. The van der Waals surface area contributed by atoms with E-state index in [9.17, 15) is 19.7 Å². The number of nitrogens with one attached hydrogen (secondary N) is 2. The Morgan fingerprint density at radius 1 is 1.11 bits per heavy atom. The quantitative estimate of drug-likeness (QED) is 0.372. The number of nitro groups is 1. The third-order valence-electron chi connectivity index (χ3n) is 3.48. The molecule has 0 saturated heterocycles. The van der Waals surface area contributed by atoms with Gasteiger partial charge in [-0.25, -0.2) is 4.98 Å². The van der Waals surface area contributed by atoms with Gasteiger partial charge in [0.05, 0.1) is 15.1 Å². The molecule has 3 aromatic rings. The highest BCUT2D eigenvalue weighted by Crippen LogP contribution is 2.29. The number of rotatable bonds is 6. The molecule has 8 nitrogen and oxygen atoms in total. The van der Waals surface area contributed by atoms with Crippen LogP contribution in [-0.4, -0.2) is 27.5 Å². The van der Waals surface area contributed by atoms with Crippen molar-refractivity contribution < 1.29 is 14.5 Å². The molecule has 27 heavy (non-hydrogen) atoms. The molecule has 2 N–H and O–H groups in total. The van der Waals surface area contributed by atoms with E-state index in [4.69, 9.17) is 0 Å². The van der Waals surface area contributed by atoms with Crippen molar-refractivity contribution in [1.29, 1.82) is 0 Å². The molecule has 0 saturated carbocycles. The lowest BCUT2D eigenvalue weighted by Gasteiger charge is -2.06. The van der Waals surface area contributed by atoms with Gasteiger partial charge in [0.1, 0.15) is 0 Å². The van der Waals surface area contributed by atoms with Crippen LogP contribution in [0.3, 0.4) is 0 Å². The Hall–Kier alpha value is -2.98. The van der Waals surface area contributed by atoms with E-state index in [0.717, 1.165) is 14.6 Å². The van der Waals surface area contributed by atoms with E-state index in [1.165, 1.54) is 36.0 Å². The van der Waals surface area contributed by atoms with E-state index in [-0.39, 0.29) is 23.6 Å². The first kappa shape index (κ1) is 18.8. The van der Waals surface area contributed by atoms with Crippen LogP contribution < -0.4 is 10.9 Å². The second kappa shape index (κ2) is 8.60. The summed E-state index contributed by atoms with van der Waals surface area (Å²) >= 11 is 3.05. The predicted molar refractivity (Wildman–Crippen MR) is 104 cm³/mol. The van der Waals surface area contributed by atoms with Gasteiger partial charge in [0.15, 0.2) is 4.34 Å². The third kappa shape index (κ3) is 5.02. The largest absolute Gasteiger partial charge is 0.273 e. The number of carbonyl (C=O) groups is 2. The molecule has 138 valence electrons. The van der Waals surface area contributed by atoms with Crippen molar-refractivity contribution >= 4 is 50.8 Å². The van der Waals surface area contributed by atoms with Gasteiger partial charge in [-0.05, 0) is 24.3 Å². The molecular formula is C17H14N4O4S2. The van der Waals surface area contributed by atoms with Gasteiger partial charge in [-0.1, -0.05) is 23.9 Å². The maximum atomic E-state index is 11.9. The van der Waals surface area contributed by atoms with Crippen molar-refractivity contribution in [2.24, 2.45) is 0 Å². The van der Waals surface area contributed by atoms with E-state index in [0.29, 0.717) is 5.75 Å². The number of hydrazine groups is 1. The van der Waals surface area contributed by atoms with Gasteiger partial charge in [0, 0.05) is 29.9 Å². The summed E-state index contributed by atoms with van der Waals surface area (Å²) in [7, 11) is 0. The molecule has 0 aliphatic heterocycles. The molecule has 0 spiro atoms. The summed E-state index contributed by atoms with van der Waals surface area (Å²) in [5.74, 6) is -0.352. The molecule has 0 bridgehead atoms. The Morgan fingerprint density at radius 2 is 1.85 bits per heavy atom. The van der Waals surface area contributed by atoms with E-state index in [1.807, 2.05) is 24.3 Å². The minimum absolute atomic E-state index is 0.109. The number of fused-ring (bicyclic) bond motifs is 1. The van der Waals surface area contributed by atoms with Crippen LogP contribution in [-0.2, 0) is 4.79 Å². The number of hydrogen-bond acceptors (Lipinski definition) is 7. The number of thiazole rings is 1. The average Bonchev–Trinajstić information content (AvgIpc) is 3.09. The topological polar surface area (TPSA) is 114 Å². The van der Waals surface area contributed by atoms with Crippen LogP contribution in [0.5, 0.6) is 0 Å². The number of hydrogen-bond donors (Lipinski definition) is 2. The zero-order valence-corrected chi connectivity index (χ0v) is 15.5. The summed E-state index contributed by atoms with van der Waals surface area (Å²) in [5.41, 5.74) is 5.65. The normalized spacial score (nSPS) is 10.5. The lowest BCUT2D eigenvalue weighted by atomic mass is 10.2. The molecule has 0 fully saturated rings. The van der Waals surface area contributed by atoms with Gasteiger partial charge in [0.2, 0.25) is 5.91 Å². The summed E-state index contributed by atoms with van der Waals surface area (Å²) in [6, 6.07) is 12.9. The third-order valence-corrected chi connectivity index (χ3v) is 5.67. The molecule has 1 heterocycles. The van der Waals surface area contributed by atoms with E-state index in [1.54, 1.807) is 11.3 Å². The van der Waals surface area contributed by atoms with E-state index in [2.05, 4.69) is 15.8 Å². The van der Waals surface area contributed by atoms with Crippen LogP contribution in [0.25, 0.3) is 10.2 Å². The molecule has 0 aliphatic rings. The number of nitrogens with zero attached hydrogens (tertiary/aromatic N) is 2. The summed E-state index contributed by atoms with van der Waals surface area (Å²) in [6.07, 6.45) is 0.209. The maximum Gasteiger partial charge on any atom is 0.269 e. The Labute approximate surface area is 162 Å². The number of amides is 2. The molecule has 0 radical (unpaired) electrons. The van der Waals surface area contributed by atoms with Crippen LogP contribution in [0, 0.1) is 10.1 Å². The van der Waals surface area contributed by atoms with Crippen LogP contribution in [0.2, 0.25) is 0 Å². The monoisotopic (exact) mass is 402 g/mol. The first-order chi connectivity index (χ1) is 13.0.